The first-order valence-corrected chi connectivity index (χ1v) is 18.9. The smallest absolute Gasteiger partial charge is 0.322 e. The van der Waals surface area contributed by atoms with Gasteiger partial charge in [-0.2, -0.15) is 0 Å². The second-order valence-corrected chi connectivity index (χ2v) is 15.4. The summed E-state index contributed by atoms with van der Waals surface area (Å²) in [4.78, 5) is 57.7. The first-order chi connectivity index (χ1) is 24.0. The van der Waals surface area contributed by atoms with Crippen LogP contribution in [0.15, 0.2) is 40.9 Å². The molecule has 2 aromatic rings. The molecule has 50 heavy (non-hydrogen) atoms. The van der Waals surface area contributed by atoms with Crippen LogP contribution in [0.3, 0.4) is 0 Å². The summed E-state index contributed by atoms with van der Waals surface area (Å²) in [5, 5.41) is 22.5. The van der Waals surface area contributed by atoms with Gasteiger partial charge in [0.05, 0.1) is 16.9 Å². The molecule has 0 radical (unpaired) electrons. The van der Waals surface area contributed by atoms with Gasteiger partial charge in [-0.25, -0.2) is 4.79 Å². The number of halogens is 1. The number of esters is 1. The van der Waals surface area contributed by atoms with E-state index < -0.39 is 12.1 Å². The molecule has 0 aromatic heterocycles. The highest BCUT2D eigenvalue weighted by Crippen LogP contribution is 2.35. The SMILES string of the molecule is Cc1cc(C[C@@H](OC(=O)C2CCC(N3CCc4ccccc4NC3=O)CC2)C(=O)N2CCC(C3CCN(CC(=O)O)CC3)CC2)cc(Br)c1O. The Hall–Kier alpha value is -3.64. The molecule has 270 valence electrons. The number of ether oxygens (including phenoxy) is 1. The van der Waals surface area contributed by atoms with Crippen LogP contribution in [0.25, 0.3) is 0 Å². The van der Waals surface area contributed by atoms with E-state index in [4.69, 9.17) is 9.84 Å². The van der Waals surface area contributed by atoms with Gasteiger partial charge in [0.15, 0.2) is 6.10 Å². The number of amides is 3. The van der Waals surface area contributed by atoms with Crippen LogP contribution in [0.4, 0.5) is 10.5 Å². The number of hydrogen-bond donors (Lipinski definition) is 3. The summed E-state index contributed by atoms with van der Waals surface area (Å²) < 4.78 is 6.64. The van der Waals surface area contributed by atoms with Crippen LogP contribution in [-0.4, -0.2) is 100 Å². The van der Waals surface area contributed by atoms with Gasteiger partial charge in [-0.3, -0.25) is 19.3 Å². The third kappa shape index (κ3) is 8.62. The summed E-state index contributed by atoms with van der Waals surface area (Å²) in [5.74, 6) is -0.548. The molecule has 3 N–H and O–H groups in total. The highest BCUT2D eigenvalue weighted by atomic mass is 79.9. The molecule has 0 unspecified atom stereocenters. The van der Waals surface area contributed by atoms with Gasteiger partial charge in [-0.15, -0.1) is 0 Å². The van der Waals surface area contributed by atoms with Crippen LogP contribution in [0, 0.1) is 24.7 Å². The topological polar surface area (TPSA) is 140 Å². The highest BCUT2D eigenvalue weighted by molar-refractivity contribution is 9.10. The third-order valence-corrected chi connectivity index (χ3v) is 12.0. The predicted octanol–water partition coefficient (Wildman–Crippen LogP) is 5.60. The van der Waals surface area contributed by atoms with Crippen molar-refractivity contribution in [3.05, 3.63) is 57.6 Å². The molecule has 2 aromatic carbocycles. The first-order valence-electron chi connectivity index (χ1n) is 18.1. The number of aromatic hydroxyl groups is 1. The quantitative estimate of drug-likeness (QED) is 0.282. The van der Waals surface area contributed by atoms with E-state index in [1.807, 2.05) is 45.0 Å². The van der Waals surface area contributed by atoms with Gasteiger partial charge in [-0.1, -0.05) is 24.3 Å². The van der Waals surface area contributed by atoms with Crippen LogP contribution >= 0.6 is 15.9 Å². The number of para-hydroxylation sites is 1. The number of urea groups is 1. The fourth-order valence-corrected chi connectivity index (χ4v) is 9.09. The summed E-state index contributed by atoms with van der Waals surface area (Å²) in [5.41, 5.74) is 3.43. The number of carboxylic acid groups (broad SMARTS) is 1. The van der Waals surface area contributed by atoms with Crippen LogP contribution in [-0.2, 0) is 32.0 Å². The number of aryl methyl sites for hydroxylation is 1. The molecule has 3 aliphatic heterocycles. The van der Waals surface area contributed by atoms with E-state index in [1.54, 1.807) is 13.0 Å². The molecule has 6 rings (SSSR count). The van der Waals surface area contributed by atoms with Crippen molar-refractivity contribution in [3.8, 4) is 5.75 Å². The molecule has 12 heteroatoms. The van der Waals surface area contributed by atoms with E-state index in [0.717, 1.165) is 62.0 Å². The lowest BCUT2D eigenvalue weighted by atomic mass is 9.78. The molecular formula is C38H49BrN4O7. The lowest BCUT2D eigenvalue weighted by Crippen LogP contribution is -2.48. The molecular weight excluding hydrogens is 704 g/mol. The number of phenolic OH excluding ortho intramolecular Hbond substituents is 1. The van der Waals surface area contributed by atoms with Crippen LogP contribution in [0.2, 0.25) is 0 Å². The molecule has 3 heterocycles. The second kappa shape index (κ2) is 16.1. The molecule has 3 amide bonds. The van der Waals surface area contributed by atoms with E-state index >= 15 is 0 Å². The minimum Gasteiger partial charge on any atom is -0.506 e. The summed E-state index contributed by atoms with van der Waals surface area (Å²) in [6.45, 7) is 5.28. The number of hydrogen-bond acceptors (Lipinski definition) is 7. The predicted molar refractivity (Wildman–Crippen MR) is 192 cm³/mol. The van der Waals surface area contributed by atoms with Crippen molar-refractivity contribution < 1.29 is 34.1 Å². The molecule has 1 atom stereocenters. The van der Waals surface area contributed by atoms with Gasteiger partial charge in [0.2, 0.25) is 0 Å². The van der Waals surface area contributed by atoms with Gasteiger partial charge in [-0.05, 0) is 134 Å². The van der Waals surface area contributed by atoms with Crippen molar-refractivity contribution in [3.63, 3.8) is 0 Å². The number of carbonyl (C=O) groups is 4. The number of nitrogens with zero attached hydrogens (tertiary/aromatic N) is 3. The number of aliphatic carboxylic acids is 1. The van der Waals surface area contributed by atoms with Crippen LogP contribution in [0.1, 0.15) is 68.1 Å². The van der Waals surface area contributed by atoms with Gasteiger partial charge in [0, 0.05) is 37.8 Å². The maximum absolute atomic E-state index is 14.1. The Balaban J connectivity index is 1.06. The molecule has 2 saturated heterocycles. The first kappa shape index (κ1) is 36.2. The van der Waals surface area contributed by atoms with Gasteiger partial charge in [0.1, 0.15) is 5.75 Å². The van der Waals surface area contributed by atoms with Crippen molar-refractivity contribution in [2.24, 2.45) is 17.8 Å². The van der Waals surface area contributed by atoms with Crippen molar-refractivity contribution in [2.75, 3.05) is 44.6 Å². The second-order valence-electron chi connectivity index (χ2n) is 14.6. The molecule has 1 saturated carbocycles. The van der Waals surface area contributed by atoms with E-state index in [-0.39, 0.29) is 48.6 Å². The van der Waals surface area contributed by atoms with Crippen LogP contribution in [0.5, 0.6) is 5.75 Å². The number of rotatable bonds is 9. The maximum Gasteiger partial charge on any atom is 0.322 e. The maximum atomic E-state index is 14.1. The number of nitrogens with one attached hydrogen (secondary N) is 1. The average molecular weight is 754 g/mol. The van der Waals surface area contributed by atoms with Crippen molar-refractivity contribution >= 4 is 45.5 Å². The Morgan fingerprint density at radius 1 is 0.940 bits per heavy atom. The molecule has 4 aliphatic rings. The molecule has 3 fully saturated rings. The number of piperidine rings is 2. The number of carboxylic acids is 1. The van der Waals surface area contributed by atoms with Gasteiger partial charge >= 0.3 is 18.0 Å². The molecule has 0 spiro atoms. The van der Waals surface area contributed by atoms with Crippen molar-refractivity contribution in [1.29, 1.82) is 0 Å². The number of phenols is 1. The number of fused-ring (bicyclic) bond motifs is 1. The number of likely N-dealkylation sites (tertiary alicyclic amines) is 2. The summed E-state index contributed by atoms with van der Waals surface area (Å²) in [7, 11) is 0. The minimum atomic E-state index is -0.984. The van der Waals surface area contributed by atoms with E-state index in [9.17, 15) is 24.3 Å². The van der Waals surface area contributed by atoms with Crippen molar-refractivity contribution in [2.45, 2.75) is 83.3 Å². The third-order valence-electron chi connectivity index (χ3n) is 11.4. The zero-order valence-electron chi connectivity index (χ0n) is 28.8. The fraction of sp³-hybridized carbons (Fsp3) is 0.579. The van der Waals surface area contributed by atoms with Crippen LogP contribution < -0.4 is 5.32 Å². The van der Waals surface area contributed by atoms with Crippen molar-refractivity contribution in [1.82, 2.24) is 14.7 Å². The lowest BCUT2D eigenvalue weighted by Gasteiger charge is -2.40. The Bertz CT molecular complexity index is 1540. The molecule has 0 bridgehead atoms. The van der Waals surface area contributed by atoms with E-state index in [1.165, 1.54) is 0 Å². The Kier molecular flexibility index (Phi) is 11.7. The molecule has 11 nitrogen and oxygen atoms in total. The largest absolute Gasteiger partial charge is 0.506 e. The highest BCUT2D eigenvalue weighted by Gasteiger charge is 2.38. The summed E-state index contributed by atoms with van der Waals surface area (Å²) in [6, 6.07) is 11.4. The number of anilines is 1. The minimum absolute atomic E-state index is 0.0359. The van der Waals surface area contributed by atoms with E-state index in [2.05, 4.69) is 21.2 Å². The average Bonchev–Trinajstić information content (AvgIpc) is 3.28. The fourth-order valence-electron chi connectivity index (χ4n) is 8.49. The zero-order valence-corrected chi connectivity index (χ0v) is 30.4. The monoisotopic (exact) mass is 752 g/mol. The summed E-state index contributed by atoms with van der Waals surface area (Å²) in [6.07, 6.45) is 6.24. The Morgan fingerprint density at radius 2 is 1.60 bits per heavy atom. The molecule has 1 aliphatic carbocycles. The van der Waals surface area contributed by atoms with Gasteiger partial charge in [0.25, 0.3) is 5.91 Å². The summed E-state index contributed by atoms with van der Waals surface area (Å²) >= 11 is 3.41. The zero-order chi connectivity index (χ0) is 35.4. The number of benzene rings is 2. The Morgan fingerprint density at radius 3 is 2.26 bits per heavy atom. The number of carbonyl (C=O) groups excluding carboxylic acids is 3. The normalized spacial score (nSPS) is 23.0. The van der Waals surface area contributed by atoms with Gasteiger partial charge < -0.3 is 30.1 Å². The lowest BCUT2D eigenvalue weighted by molar-refractivity contribution is -0.165. The standard InChI is InChI=1S/C38H49BrN4O7/c1-24-20-25(21-31(39)35(24)46)22-33(36(47)42-17-12-27(13-18-42)26-10-15-41(16-11-26)23-34(44)45)50-37(48)29-6-8-30(9-7-29)43-19-14-28-4-2-3-5-32(28)40-38(43)49/h2-5,20-21,26-27,29-30,33,46H,6-19,22-23H2,1H3,(H,40,49)(H,44,45)/t29?,30?,33-/m1/s1. The van der Waals surface area contributed by atoms with E-state index in [0.29, 0.717) is 67.2 Å². The Labute approximate surface area is 302 Å².